The van der Waals surface area contributed by atoms with Crippen LogP contribution in [0.4, 0.5) is 5.69 Å². The number of nitrogens with zero attached hydrogens (tertiary/aromatic N) is 2. The second-order valence-corrected chi connectivity index (χ2v) is 4.85. The third-order valence-corrected chi connectivity index (χ3v) is 3.80. The molecule has 0 fully saturated rings. The van der Waals surface area contributed by atoms with Crippen LogP contribution in [0.1, 0.15) is 24.2 Å². The van der Waals surface area contributed by atoms with E-state index < -0.39 is 11.7 Å². The molecule has 1 aromatic carbocycles. The number of benzene rings is 1. The molecule has 0 bridgehead atoms. The summed E-state index contributed by atoms with van der Waals surface area (Å²) in [7, 11) is 0. The fourth-order valence-electron chi connectivity index (χ4n) is 2.30. The van der Waals surface area contributed by atoms with Gasteiger partial charge >= 0.3 is 0 Å². The first-order valence-corrected chi connectivity index (χ1v) is 6.85. The Morgan fingerprint density at radius 2 is 1.89 bits per heavy atom. The van der Waals surface area contributed by atoms with Gasteiger partial charge in [-0.2, -0.15) is 0 Å². The van der Waals surface area contributed by atoms with Gasteiger partial charge in [-0.25, -0.2) is 0 Å². The van der Waals surface area contributed by atoms with E-state index in [1.165, 1.54) is 4.90 Å². The number of amides is 1. The van der Waals surface area contributed by atoms with Crippen LogP contribution in [0.3, 0.4) is 0 Å². The molecule has 2 rings (SSSR count). The minimum Gasteiger partial charge on any atom is -0.303 e. The lowest BCUT2D eigenvalue weighted by molar-refractivity contribution is -0.114. The first-order chi connectivity index (χ1) is 9.10. The number of rotatable bonds is 5. The SMILES string of the molecule is CCN(CC)CCN1C(=O)C(=O)c2c(Cl)cccc21. The average Bonchev–Trinajstić information content (AvgIpc) is 2.65. The van der Waals surface area contributed by atoms with E-state index in [9.17, 15) is 9.59 Å². The quantitative estimate of drug-likeness (QED) is 0.777. The summed E-state index contributed by atoms with van der Waals surface area (Å²) in [6.45, 7) is 7.26. The van der Waals surface area contributed by atoms with Gasteiger partial charge in [0.25, 0.3) is 11.7 Å². The predicted molar refractivity (Wildman–Crippen MR) is 75.9 cm³/mol. The van der Waals surface area contributed by atoms with Crippen LogP contribution in [0.15, 0.2) is 18.2 Å². The van der Waals surface area contributed by atoms with E-state index in [0.29, 0.717) is 22.8 Å². The van der Waals surface area contributed by atoms with E-state index in [-0.39, 0.29) is 0 Å². The van der Waals surface area contributed by atoms with Crippen LogP contribution in [0.5, 0.6) is 0 Å². The van der Waals surface area contributed by atoms with Gasteiger partial charge in [0, 0.05) is 13.1 Å². The lowest BCUT2D eigenvalue weighted by atomic mass is 10.1. The maximum atomic E-state index is 12.0. The summed E-state index contributed by atoms with van der Waals surface area (Å²) in [5.74, 6) is -0.976. The molecule has 0 saturated carbocycles. The van der Waals surface area contributed by atoms with E-state index >= 15 is 0 Å². The van der Waals surface area contributed by atoms with Crippen molar-refractivity contribution in [3.8, 4) is 0 Å². The van der Waals surface area contributed by atoms with E-state index in [2.05, 4.69) is 18.7 Å². The number of carbonyl (C=O) groups excluding carboxylic acids is 2. The molecule has 5 heteroatoms. The zero-order valence-electron chi connectivity index (χ0n) is 11.1. The minimum atomic E-state index is -0.500. The van der Waals surface area contributed by atoms with Gasteiger partial charge in [-0.05, 0) is 25.2 Å². The van der Waals surface area contributed by atoms with Crippen LogP contribution in [0, 0.1) is 0 Å². The van der Waals surface area contributed by atoms with Crippen LogP contribution in [-0.2, 0) is 4.79 Å². The first-order valence-electron chi connectivity index (χ1n) is 6.47. The molecular formula is C14H17ClN2O2. The third-order valence-electron chi connectivity index (χ3n) is 3.48. The number of hydrogen-bond acceptors (Lipinski definition) is 3. The number of ketones is 1. The molecule has 0 aliphatic carbocycles. The van der Waals surface area contributed by atoms with Crippen molar-refractivity contribution in [2.45, 2.75) is 13.8 Å². The summed E-state index contributed by atoms with van der Waals surface area (Å²) >= 11 is 6.00. The largest absolute Gasteiger partial charge is 0.303 e. The minimum absolute atomic E-state index is 0.341. The summed E-state index contributed by atoms with van der Waals surface area (Å²) in [6.07, 6.45) is 0. The maximum Gasteiger partial charge on any atom is 0.299 e. The molecule has 102 valence electrons. The standard InChI is InChI=1S/C14H17ClN2O2/c1-3-16(4-2)8-9-17-11-7-5-6-10(15)12(11)13(18)14(17)19/h5-7H,3-4,8-9H2,1-2H3. The number of fused-ring (bicyclic) bond motifs is 1. The Balaban J connectivity index is 2.22. The highest BCUT2D eigenvalue weighted by Gasteiger charge is 2.37. The fourth-order valence-corrected chi connectivity index (χ4v) is 2.56. The second-order valence-electron chi connectivity index (χ2n) is 4.45. The Morgan fingerprint density at radius 3 is 2.53 bits per heavy atom. The van der Waals surface area contributed by atoms with Crippen molar-refractivity contribution in [1.29, 1.82) is 0 Å². The van der Waals surface area contributed by atoms with E-state index in [1.54, 1.807) is 18.2 Å². The molecule has 1 aliphatic heterocycles. The molecule has 0 atom stereocenters. The normalized spacial score (nSPS) is 14.4. The lowest BCUT2D eigenvalue weighted by Crippen LogP contribution is -2.38. The van der Waals surface area contributed by atoms with E-state index in [0.717, 1.165) is 19.6 Å². The van der Waals surface area contributed by atoms with Gasteiger partial charge in [0.1, 0.15) is 0 Å². The number of hydrogen-bond donors (Lipinski definition) is 0. The van der Waals surface area contributed by atoms with Crippen LogP contribution in [0.2, 0.25) is 5.02 Å². The summed E-state index contributed by atoms with van der Waals surface area (Å²) in [4.78, 5) is 27.7. The molecular weight excluding hydrogens is 264 g/mol. The number of Topliss-reactive ketones (excluding diaryl/α,β-unsaturated/α-hetero) is 1. The highest BCUT2D eigenvalue weighted by Crippen LogP contribution is 2.33. The highest BCUT2D eigenvalue weighted by atomic mass is 35.5. The van der Waals surface area contributed by atoms with Crippen molar-refractivity contribution in [1.82, 2.24) is 4.90 Å². The van der Waals surface area contributed by atoms with Gasteiger partial charge in [-0.1, -0.05) is 31.5 Å². The second kappa shape index (κ2) is 5.72. The van der Waals surface area contributed by atoms with E-state index in [1.807, 2.05) is 0 Å². The van der Waals surface area contributed by atoms with Crippen molar-refractivity contribution in [2.75, 3.05) is 31.1 Å². The molecule has 1 aromatic rings. The van der Waals surface area contributed by atoms with Crippen molar-refractivity contribution in [3.63, 3.8) is 0 Å². The number of anilines is 1. The molecule has 4 nitrogen and oxygen atoms in total. The van der Waals surface area contributed by atoms with Crippen LogP contribution >= 0.6 is 11.6 Å². The Hall–Kier alpha value is -1.39. The van der Waals surface area contributed by atoms with Crippen LogP contribution in [-0.4, -0.2) is 42.8 Å². The Morgan fingerprint density at radius 1 is 1.21 bits per heavy atom. The highest BCUT2D eigenvalue weighted by molar-refractivity contribution is 6.55. The fraction of sp³-hybridized carbons (Fsp3) is 0.429. The topological polar surface area (TPSA) is 40.6 Å². The van der Waals surface area contributed by atoms with Gasteiger partial charge < -0.3 is 9.80 Å². The smallest absolute Gasteiger partial charge is 0.299 e. The van der Waals surface area contributed by atoms with Gasteiger partial charge in [-0.15, -0.1) is 0 Å². The zero-order chi connectivity index (χ0) is 14.0. The molecule has 0 unspecified atom stereocenters. The van der Waals surface area contributed by atoms with Crippen molar-refractivity contribution in [2.24, 2.45) is 0 Å². The van der Waals surface area contributed by atoms with Gasteiger partial charge in [0.15, 0.2) is 0 Å². The lowest BCUT2D eigenvalue weighted by Gasteiger charge is -2.22. The average molecular weight is 281 g/mol. The molecule has 0 saturated heterocycles. The van der Waals surface area contributed by atoms with Crippen molar-refractivity contribution in [3.05, 3.63) is 28.8 Å². The van der Waals surface area contributed by atoms with Crippen LogP contribution < -0.4 is 4.90 Å². The summed E-state index contributed by atoms with van der Waals surface area (Å²) in [5, 5.41) is 0.348. The summed E-state index contributed by atoms with van der Waals surface area (Å²) in [5.41, 5.74) is 0.975. The maximum absolute atomic E-state index is 12.0. The predicted octanol–water partition coefficient (Wildman–Crippen LogP) is 2.21. The summed E-state index contributed by atoms with van der Waals surface area (Å²) in [6, 6.07) is 5.17. The number of likely N-dealkylation sites (N-methyl/N-ethyl adjacent to an activating group) is 1. The molecule has 0 radical (unpaired) electrons. The Labute approximate surface area is 117 Å². The third kappa shape index (κ3) is 2.51. The van der Waals surface area contributed by atoms with E-state index in [4.69, 9.17) is 11.6 Å². The zero-order valence-corrected chi connectivity index (χ0v) is 11.9. The number of carbonyl (C=O) groups is 2. The molecule has 0 N–H and O–H groups in total. The van der Waals surface area contributed by atoms with Crippen molar-refractivity contribution >= 4 is 29.0 Å². The van der Waals surface area contributed by atoms with Gasteiger partial charge in [0.2, 0.25) is 0 Å². The monoisotopic (exact) mass is 280 g/mol. The van der Waals surface area contributed by atoms with Crippen molar-refractivity contribution < 1.29 is 9.59 Å². The summed E-state index contributed by atoms with van der Waals surface area (Å²) < 4.78 is 0. The molecule has 19 heavy (non-hydrogen) atoms. The Bertz CT molecular complexity index is 512. The van der Waals surface area contributed by atoms with Gasteiger partial charge in [-0.3, -0.25) is 9.59 Å². The van der Waals surface area contributed by atoms with Crippen LogP contribution in [0.25, 0.3) is 0 Å². The Kier molecular flexibility index (Phi) is 4.22. The van der Waals surface area contributed by atoms with Gasteiger partial charge in [0.05, 0.1) is 16.3 Å². The molecule has 1 heterocycles. The molecule has 0 spiro atoms. The number of halogens is 1. The first kappa shape index (κ1) is 14.0. The molecule has 1 aliphatic rings. The molecule has 1 amide bonds. The molecule has 0 aromatic heterocycles.